The first kappa shape index (κ1) is 24.7. The first-order valence-electron chi connectivity index (χ1n) is 13.1. The van der Waals surface area contributed by atoms with Crippen molar-refractivity contribution in [2.45, 2.75) is 85.7 Å². The molecule has 0 radical (unpaired) electrons. The molecule has 4 rings (SSSR count). The lowest BCUT2D eigenvalue weighted by Gasteiger charge is -2.55. The molecular formula is C29H44O4. The lowest BCUT2D eigenvalue weighted by molar-refractivity contribution is -0.166. The van der Waals surface area contributed by atoms with E-state index in [9.17, 15) is 14.7 Å². The molecule has 9 atom stereocenters. The zero-order valence-corrected chi connectivity index (χ0v) is 21.7. The lowest BCUT2D eigenvalue weighted by atomic mass is 9.49. The molecule has 0 spiro atoms. The Morgan fingerprint density at radius 3 is 2.45 bits per heavy atom. The van der Waals surface area contributed by atoms with E-state index in [1.165, 1.54) is 20.0 Å². The van der Waals surface area contributed by atoms with Crippen molar-refractivity contribution in [2.24, 2.45) is 52.3 Å². The molecule has 3 fully saturated rings. The van der Waals surface area contributed by atoms with Crippen molar-refractivity contribution >= 4 is 11.8 Å². The maximum atomic E-state index is 13.1. The number of ether oxygens (including phenoxy) is 1. The molecule has 0 heterocycles. The van der Waals surface area contributed by atoms with Gasteiger partial charge in [-0.05, 0) is 78.9 Å². The fourth-order valence-electron chi connectivity index (χ4n) is 8.45. The summed E-state index contributed by atoms with van der Waals surface area (Å²) < 4.78 is 4.83. The van der Waals surface area contributed by atoms with E-state index in [-0.39, 0.29) is 6.42 Å². The topological polar surface area (TPSA) is 63.6 Å². The van der Waals surface area contributed by atoms with Crippen molar-refractivity contribution in [1.82, 2.24) is 0 Å². The highest BCUT2D eigenvalue weighted by atomic mass is 16.5. The average Bonchev–Trinajstić information content (AvgIpc) is 3.23. The van der Waals surface area contributed by atoms with Crippen molar-refractivity contribution in [3.05, 3.63) is 23.8 Å². The van der Waals surface area contributed by atoms with Crippen molar-refractivity contribution < 1.29 is 19.4 Å². The van der Waals surface area contributed by atoms with Crippen LogP contribution in [0.15, 0.2) is 23.8 Å². The Labute approximate surface area is 200 Å². The second-order valence-electron chi connectivity index (χ2n) is 12.6. The molecule has 184 valence electrons. The number of ketones is 1. The second-order valence-corrected chi connectivity index (χ2v) is 12.6. The number of carbonyl (C=O) groups is 2. The summed E-state index contributed by atoms with van der Waals surface area (Å²) in [5, 5.41) is 11.0. The lowest BCUT2D eigenvalue weighted by Crippen LogP contribution is -2.49. The first-order valence-corrected chi connectivity index (χ1v) is 13.1. The molecule has 33 heavy (non-hydrogen) atoms. The van der Waals surface area contributed by atoms with Crippen molar-refractivity contribution in [3.8, 4) is 0 Å². The minimum atomic E-state index is -2.02. The van der Waals surface area contributed by atoms with Gasteiger partial charge in [-0.2, -0.15) is 0 Å². The van der Waals surface area contributed by atoms with E-state index in [1.54, 1.807) is 0 Å². The van der Waals surface area contributed by atoms with Crippen LogP contribution in [0.1, 0.15) is 80.1 Å². The zero-order chi connectivity index (χ0) is 24.3. The van der Waals surface area contributed by atoms with Gasteiger partial charge in [0.1, 0.15) is 0 Å². The Kier molecular flexibility index (Phi) is 6.26. The van der Waals surface area contributed by atoms with E-state index < -0.39 is 22.8 Å². The van der Waals surface area contributed by atoms with E-state index in [4.69, 9.17) is 4.74 Å². The minimum Gasteiger partial charge on any atom is -0.467 e. The molecule has 4 aliphatic carbocycles. The highest BCUT2D eigenvalue weighted by Crippen LogP contribution is 2.68. The summed E-state index contributed by atoms with van der Waals surface area (Å²) >= 11 is 0. The highest BCUT2D eigenvalue weighted by molar-refractivity contribution is 6.18. The van der Waals surface area contributed by atoms with E-state index in [0.717, 1.165) is 19.3 Å². The number of carbonyl (C=O) groups excluding carboxylic acids is 2. The summed E-state index contributed by atoms with van der Waals surface area (Å²) in [5.41, 5.74) is -1.47. The smallest absolute Gasteiger partial charge is 0.346 e. The number of hydrogen-bond acceptors (Lipinski definition) is 4. The van der Waals surface area contributed by atoms with E-state index in [2.05, 4.69) is 59.8 Å². The Morgan fingerprint density at radius 1 is 1.12 bits per heavy atom. The normalized spacial score (nSPS) is 44.3. The first-order chi connectivity index (χ1) is 15.4. The van der Waals surface area contributed by atoms with E-state index in [0.29, 0.717) is 52.4 Å². The van der Waals surface area contributed by atoms with Gasteiger partial charge in [0.15, 0.2) is 0 Å². The van der Waals surface area contributed by atoms with Crippen molar-refractivity contribution in [1.29, 1.82) is 0 Å². The molecule has 0 saturated heterocycles. The summed E-state index contributed by atoms with van der Waals surface area (Å²) in [6.45, 7) is 13.9. The summed E-state index contributed by atoms with van der Waals surface area (Å²) in [6.07, 6.45) is 12.8. The van der Waals surface area contributed by atoms with Crippen LogP contribution in [-0.4, -0.2) is 29.6 Å². The maximum Gasteiger partial charge on any atom is 0.346 e. The standard InChI is InChI=1S/C29H44O4/c1-17(2)18(3)8-9-19(4)21-12-13-22-20-10-11-24-25(30)29(32,26(31)33-7)16-28(24,6)23(20)14-15-27(21,22)5/h8-9,11,17-23,32H,10,12-16H2,1-7H3/b9-8+/t18-,19+,20-,21+,22-,23-,27+,28+,29-/m0/s1. The van der Waals surface area contributed by atoms with Gasteiger partial charge < -0.3 is 9.84 Å². The Morgan fingerprint density at radius 2 is 1.82 bits per heavy atom. The van der Waals surface area contributed by atoms with Crippen LogP contribution in [0.25, 0.3) is 0 Å². The van der Waals surface area contributed by atoms with Crippen LogP contribution in [0, 0.1) is 52.3 Å². The Hall–Kier alpha value is -1.42. The third kappa shape index (κ3) is 3.58. The number of hydrogen-bond donors (Lipinski definition) is 1. The Balaban J connectivity index is 1.58. The monoisotopic (exact) mass is 456 g/mol. The number of esters is 1. The van der Waals surface area contributed by atoms with Gasteiger partial charge in [0, 0.05) is 17.4 Å². The second kappa shape index (κ2) is 8.36. The van der Waals surface area contributed by atoms with Crippen molar-refractivity contribution in [2.75, 3.05) is 7.11 Å². The van der Waals surface area contributed by atoms with Gasteiger partial charge in [-0.3, -0.25) is 4.79 Å². The molecule has 4 aliphatic rings. The predicted octanol–water partition coefficient (Wildman–Crippen LogP) is 5.74. The quantitative estimate of drug-likeness (QED) is 0.325. The third-order valence-electron chi connectivity index (χ3n) is 10.7. The SMILES string of the molecule is COC(=O)[C@]1(O)C[C@@]2(C)C(=CC[C@H]3[C@@H]4CC[C@H]([C@H](C)/C=C/[C@H](C)C(C)C)[C@@]4(C)CC[C@@H]32)C1=O. The molecule has 0 amide bonds. The molecule has 0 bridgehead atoms. The molecule has 4 nitrogen and oxygen atoms in total. The molecule has 4 heteroatoms. The Bertz CT molecular complexity index is 871. The zero-order valence-electron chi connectivity index (χ0n) is 21.7. The average molecular weight is 457 g/mol. The number of aliphatic hydroxyl groups is 1. The van der Waals surface area contributed by atoms with Crippen LogP contribution in [-0.2, 0) is 14.3 Å². The van der Waals surface area contributed by atoms with Gasteiger partial charge in [-0.15, -0.1) is 0 Å². The third-order valence-corrected chi connectivity index (χ3v) is 10.7. The minimum absolute atomic E-state index is 0.164. The molecular weight excluding hydrogens is 412 g/mol. The molecule has 3 saturated carbocycles. The number of allylic oxidation sites excluding steroid dienone is 3. The van der Waals surface area contributed by atoms with Gasteiger partial charge in [0.2, 0.25) is 11.4 Å². The van der Waals surface area contributed by atoms with E-state index >= 15 is 0 Å². The number of Topliss-reactive ketones (excluding diaryl/α,β-unsaturated/α-hetero) is 1. The highest BCUT2D eigenvalue weighted by Gasteiger charge is 2.67. The van der Waals surface area contributed by atoms with Gasteiger partial charge in [-0.1, -0.05) is 59.8 Å². The van der Waals surface area contributed by atoms with Crippen molar-refractivity contribution in [3.63, 3.8) is 0 Å². The van der Waals surface area contributed by atoms with Gasteiger partial charge in [0.25, 0.3) is 0 Å². The van der Waals surface area contributed by atoms with Crippen LogP contribution in [0.5, 0.6) is 0 Å². The number of rotatable bonds is 5. The van der Waals surface area contributed by atoms with Crippen LogP contribution >= 0.6 is 0 Å². The van der Waals surface area contributed by atoms with Gasteiger partial charge in [-0.25, -0.2) is 4.79 Å². The summed E-state index contributed by atoms with van der Waals surface area (Å²) in [4.78, 5) is 25.5. The molecule has 1 N–H and O–H groups in total. The van der Waals surface area contributed by atoms with Crippen LogP contribution in [0.4, 0.5) is 0 Å². The fraction of sp³-hybridized carbons (Fsp3) is 0.793. The largest absolute Gasteiger partial charge is 0.467 e. The fourth-order valence-corrected chi connectivity index (χ4v) is 8.45. The molecule has 0 aromatic carbocycles. The van der Waals surface area contributed by atoms with Crippen LogP contribution < -0.4 is 0 Å². The van der Waals surface area contributed by atoms with E-state index in [1.807, 2.05) is 0 Å². The van der Waals surface area contributed by atoms with Gasteiger partial charge >= 0.3 is 5.97 Å². The predicted molar refractivity (Wildman–Crippen MR) is 130 cm³/mol. The number of methoxy groups -OCH3 is 1. The molecule has 0 aliphatic heterocycles. The van der Waals surface area contributed by atoms with Crippen LogP contribution in [0.2, 0.25) is 0 Å². The van der Waals surface area contributed by atoms with Gasteiger partial charge in [0.05, 0.1) is 7.11 Å². The molecule has 0 aromatic heterocycles. The number of fused-ring (bicyclic) bond motifs is 5. The molecule has 0 unspecified atom stereocenters. The van der Waals surface area contributed by atoms with Crippen LogP contribution in [0.3, 0.4) is 0 Å². The summed E-state index contributed by atoms with van der Waals surface area (Å²) in [6, 6.07) is 0. The maximum absolute atomic E-state index is 13.1. The summed E-state index contributed by atoms with van der Waals surface area (Å²) in [5.74, 6) is 2.78. The summed E-state index contributed by atoms with van der Waals surface area (Å²) in [7, 11) is 1.25. The molecule has 0 aromatic rings.